The summed E-state index contributed by atoms with van der Waals surface area (Å²) < 4.78 is 0. The topological polar surface area (TPSA) is 66.9 Å². The fourth-order valence-electron chi connectivity index (χ4n) is 3.49. The number of para-hydroxylation sites is 1. The highest BCUT2D eigenvalue weighted by atomic mass is 16.2. The van der Waals surface area contributed by atoms with E-state index in [4.69, 9.17) is 4.98 Å². The van der Waals surface area contributed by atoms with Gasteiger partial charge < -0.3 is 5.32 Å². The summed E-state index contributed by atoms with van der Waals surface area (Å²) in [5.41, 5.74) is 6.35. The van der Waals surface area contributed by atoms with Crippen LogP contribution in [-0.2, 0) is 17.8 Å². The Kier molecular flexibility index (Phi) is 5.17. The Morgan fingerprint density at radius 3 is 2.71 bits per heavy atom. The Hall–Kier alpha value is -3.05. The minimum Gasteiger partial charge on any atom is -0.324 e. The van der Waals surface area contributed by atoms with E-state index in [0.29, 0.717) is 12.4 Å². The van der Waals surface area contributed by atoms with E-state index in [2.05, 4.69) is 52.9 Å². The Morgan fingerprint density at radius 1 is 1.11 bits per heavy atom. The second-order valence-corrected chi connectivity index (χ2v) is 7.30. The van der Waals surface area contributed by atoms with E-state index in [1.807, 2.05) is 31.3 Å². The number of carbonyl (C=O) groups is 1. The molecule has 0 saturated carbocycles. The van der Waals surface area contributed by atoms with Gasteiger partial charge in [0.15, 0.2) is 0 Å². The average molecular weight is 372 g/mol. The first kappa shape index (κ1) is 18.3. The summed E-state index contributed by atoms with van der Waals surface area (Å²) in [5.74, 6) is 0.687. The molecule has 1 amide bonds. The van der Waals surface area contributed by atoms with E-state index in [-0.39, 0.29) is 11.9 Å². The number of amides is 1. The molecule has 2 heterocycles. The SMILES string of the molecule is Cc1ccc(-c2nc(CNC3CCc4ccccc4NC3=O)ncc2C)cc1. The fourth-order valence-corrected chi connectivity index (χ4v) is 3.49. The third-order valence-electron chi connectivity index (χ3n) is 5.15. The first-order valence-electron chi connectivity index (χ1n) is 9.62. The van der Waals surface area contributed by atoms with Crippen LogP contribution in [-0.4, -0.2) is 21.9 Å². The maximum atomic E-state index is 12.6. The second kappa shape index (κ2) is 7.90. The van der Waals surface area contributed by atoms with Gasteiger partial charge in [-0.25, -0.2) is 9.97 Å². The van der Waals surface area contributed by atoms with Gasteiger partial charge in [0.25, 0.3) is 0 Å². The van der Waals surface area contributed by atoms with Crippen LogP contribution in [0.1, 0.15) is 28.9 Å². The minimum atomic E-state index is -0.264. The highest BCUT2D eigenvalue weighted by Gasteiger charge is 2.23. The zero-order valence-electron chi connectivity index (χ0n) is 16.2. The molecule has 0 fully saturated rings. The van der Waals surface area contributed by atoms with Crippen LogP contribution in [0, 0.1) is 13.8 Å². The van der Waals surface area contributed by atoms with Gasteiger partial charge in [-0.15, -0.1) is 0 Å². The molecule has 0 radical (unpaired) electrons. The van der Waals surface area contributed by atoms with E-state index in [1.54, 1.807) is 0 Å². The number of benzene rings is 2. The minimum absolute atomic E-state index is 0.00387. The van der Waals surface area contributed by atoms with Crippen molar-refractivity contribution in [3.63, 3.8) is 0 Å². The van der Waals surface area contributed by atoms with Crippen LogP contribution in [0.4, 0.5) is 5.69 Å². The van der Waals surface area contributed by atoms with Crippen molar-refractivity contribution in [2.24, 2.45) is 0 Å². The lowest BCUT2D eigenvalue weighted by Gasteiger charge is -2.15. The molecule has 2 aromatic carbocycles. The van der Waals surface area contributed by atoms with Gasteiger partial charge in [0.2, 0.25) is 5.91 Å². The molecule has 1 aliphatic heterocycles. The monoisotopic (exact) mass is 372 g/mol. The number of nitrogens with one attached hydrogen (secondary N) is 2. The van der Waals surface area contributed by atoms with Crippen molar-refractivity contribution in [3.8, 4) is 11.3 Å². The van der Waals surface area contributed by atoms with Gasteiger partial charge in [0, 0.05) is 17.4 Å². The summed E-state index contributed by atoms with van der Waals surface area (Å²) in [6, 6.07) is 16.0. The Bertz CT molecular complexity index is 998. The Morgan fingerprint density at radius 2 is 1.89 bits per heavy atom. The summed E-state index contributed by atoms with van der Waals surface area (Å²) in [5, 5.41) is 6.35. The van der Waals surface area contributed by atoms with Crippen molar-refractivity contribution in [3.05, 3.63) is 77.2 Å². The van der Waals surface area contributed by atoms with Gasteiger partial charge in [-0.05, 0) is 43.9 Å². The molecule has 0 bridgehead atoms. The van der Waals surface area contributed by atoms with Gasteiger partial charge >= 0.3 is 0 Å². The van der Waals surface area contributed by atoms with E-state index >= 15 is 0 Å². The lowest BCUT2D eigenvalue weighted by atomic mass is 10.1. The largest absolute Gasteiger partial charge is 0.324 e. The molecule has 1 aromatic heterocycles. The molecule has 5 heteroatoms. The van der Waals surface area contributed by atoms with Crippen molar-refractivity contribution in [2.45, 2.75) is 39.3 Å². The molecular weight excluding hydrogens is 348 g/mol. The normalized spacial score (nSPS) is 16.2. The maximum Gasteiger partial charge on any atom is 0.241 e. The third kappa shape index (κ3) is 3.94. The predicted molar refractivity (Wildman–Crippen MR) is 111 cm³/mol. The van der Waals surface area contributed by atoms with E-state index in [0.717, 1.165) is 35.3 Å². The van der Waals surface area contributed by atoms with Crippen molar-refractivity contribution < 1.29 is 4.79 Å². The Labute approximate surface area is 165 Å². The summed E-state index contributed by atoms with van der Waals surface area (Å²) in [4.78, 5) is 21.7. The van der Waals surface area contributed by atoms with Crippen molar-refractivity contribution in [1.82, 2.24) is 15.3 Å². The zero-order chi connectivity index (χ0) is 19.5. The number of hydrogen-bond donors (Lipinski definition) is 2. The lowest BCUT2D eigenvalue weighted by molar-refractivity contribution is -0.118. The van der Waals surface area contributed by atoms with Crippen molar-refractivity contribution in [2.75, 3.05) is 5.32 Å². The van der Waals surface area contributed by atoms with Gasteiger partial charge in [-0.3, -0.25) is 10.1 Å². The molecule has 2 N–H and O–H groups in total. The molecule has 0 saturated heterocycles. The molecular formula is C23H24N4O. The highest BCUT2D eigenvalue weighted by molar-refractivity contribution is 5.96. The number of fused-ring (bicyclic) bond motifs is 1. The molecule has 0 spiro atoms. The smallest absolute Gasteiger partial charge is 0.241 e. The number of carbonyl (C=O) groups excluding carboxylic acids is 1. The van der Waals surface area contributed by atoms with Crippen LogP contribution in [0.5, 0.6) is 0 Å². The number of rotatable bonds is 4. The molecule has 142 valence electrons. The predicted octanol–water partition coefficient (Wildman–Crippen LogP) is 3.80. The van der Waals surface area contributed by atoms with Gasteiger partial charge in [0.1, 0.15) is 5.82 Å². The molecule has 3 aromatic rings. The quantitative estimate of drug-likeness (QED) is 0.731. The molecule has 4 rings (SSSR count). The van der Waals surface area contributed by atoms with Crippen molar-refractivity contribution in [1.29, 1.82) is 0 Å². The van der Waals surface area contributed by atoms with E-state index in [9.17, 15) is 4.79 Å². The number of aryl methyl sites for hydroxylation is 3. The van der Waals surface area contributed by atoms with E-state index < -0.39 is 0 Å². The standard InChI is InChI=1S/C23H24N4O/c1-15-7-9-18(10-8-15)22-16(2)13-25-21(27-22)14-24-20-12-11-17-5-3-4-6-19(17)26-23(20)28/h3-10,13,20,24H,11-12,14H2,1-2H3,(H,26,28). The Balaban J connectivity index is 1.47. The van der Waals surface area contributed by atoms with Gasteiger partial charge in [-0.2, -0.15) is 0 Å². The molecule has 0 aliphatic carbocycles. The molecule has 28 heavy (non-hydrogen) atoms. The van der Waals surface area contributed by atoms with Crippen molar-refractivity contribution >= 4 is 11.6 Å². The van der Waals surface area contributed by atoms with Gasteiger partial charge in [0.05, 0.1) is 18.3 Å². The first-order chi connectivity index (χ1) is 13.6. The highest BCUT2D eigenvalue weighted by Crippen LogP contribution is 2.23. The molecule has 1 aliphatic rings. The van der Waals surface area contributed by atoms with E-state index in [1.165, 1.54) is 11.1 Å². The average Bonchev–Trinajstić information content (AvgIpc) is 2.86. The fraction of sp³-hybridized carbons (Fsp3) is 0.261. The molecule has 1 unspecified atom stereocenters. The molecule has 5 nitrogen and oxygen atoms in total. The summed E-state index contributed by atoms with van der Waals surface area (Å²) in [7, 11) is 0. The number of nitrogens with zero attached hydrogens (tertiary/aromatic N) is 2. The molecule has 1 atom stereocenters. The van der Waals surface area contributed by atoms with Crippen LogP contribution in [0.3, 0.4) is 0 Å². The second-order valence-electron chi connectivity index (χ2n) is 7.30. The third-order valence-corrected chi connectivity index (χ3v) is 5.15. The zero-order valence-corrected chi connectivity index (χ0v) is 16.2. The summed E-state index contributed by atoms with van der Waals surface area (Å²) >= 11 is 0. The van der Waals surface area contributed by atoms with Crippen LogP contribution in [0.2, 0.25) is 0 Å². The van der Waals surface area contributed by atoms with Crippen LogP contribution >= 0.6 is 0 Å². The number of hydrogen-bond acceptors (Lipinski definition) is 4. The van der Waals surface area contributed by atoms with Crippen LogP contribution in [0.25, 0.3) is 11.3 Å². The maximum absolute atomic E-state index is 12.6. The summed E-state index contributed by atoms with van der Waals surface area (Å²) in [6.07, 6.45) is 3.46. The first-order valence-corrected chi connectivity index (χ1v) is 9.62. The van der Waals surface area contributed by atoms with Crippen LogP contribution < -0.4 is 10.6 Å². The number of anilines is 1. The van der Waals surface area contributed by atoms with Crippen LogP contribution in [0.15, 0.2) is 54.7 Å². The summed E-state index contributed by atoms with van der Waals surface area (Å²) in [6.45, 7) is 4.54. The number of aromatic nitrogens is 2. The van der Waals surface area contributed by atoms with Gasteiger partial charge in [-0.1, -0.05) is 48.0 Å². The lowest BCUT2D eigenvalue weighted by Crippen LogP contribution is -2.39.